The van der Waals surface area contributed by atoms with Crippen LogP contribution >= 0.6 is 0 Å². The van der Waals surface area contributed by atoms with E-state index in [1.165, 1.54) is 9.87 Å². The van der Waals surface area contributed by atoms with E-state index in [4.69, 9.17) is 0 Å². The second kappa shape index (κ2) is 8.23. The van der Waals surface area contributed by atoms with Crippen molar-refractivity contribution in [2.24, 2.45) is 0 Å². The topological polar surface area (TPSA) is 57.7 Å². The number of carbonyl (C=O) groups excluding carboxylic acids is 1. The lowest BCUT2D eigenvalue weighted by atomic mass is 10.1. The molecule has 1 amide bonds. The van der Waals surface area contributed by atoms with E-state index in [0.717, 1.165) is 16.7 Å². The van der Waals surface area contributed by atoms with E-state index in [-0.39, 0.29) is 11.7 Å². The number of carbonyl (C=O) groups is 1. The van der Waals surface area contributed by atoms with Gasteiger partial charge in [0.1, 0.15) is 0 Å². The maximum absolute atomic E-state index is 12.7. The van der Waals surface area contributed by atoms with Gasteiger partial charge in [0.15, 0.2) is 0 Å². The number of rotatable bonds is 5. The Labute approximate surface area is 161 Å². The van der Waals surface area contributed by atoms with Crippen LogP contribution in [0.3, 0.4) is 0 Å². The van der Waals surface area contributed by atoms with Gasteiger partial charge in [-0.3, -0.25) is 4.79 Å². The monoisotopic (exact) mass is 386 g/mol. The molecule has 0 saturated carbocycles. The molecule has 144 valence electrons. The molecule has 2 aromatic rings. The van der Waals surface area contributed by atoms with Gasteiger partial charge in [-0.25, -0.2) is 8.42 Å². The molecule has 0 aromatic heterocycles. The van der Waals surface area contributed by atoms with Gasteiger partial charge in [-0.2, -0.15) is 4.31 Å². The zero-order chi connectivity index (χ0) is 19.4. The second-order valence-corrected chi connectivity index (χ2v) is 9.09. The van der Waals surface area contributed by atoms with E-state index < -0.39 is 10.0 Å². The maximum Gasteiger partial charge on any atom is 0.227 e. The highest BCUT2D eigenvalue weighted by molar-refractivity contribution is 7.88. The summed E-state index contributed by atoms with van der Waals surface area (Å²) in [5.74, 6) is 0.0616. The van der Waals surface area contributed by atoms with Gasteiger partial charge < -0.3 is 4.90 Å². The van der Waals surface area contributed by atoms with Gasteiger partial charge in [-0.05, 0) is 30.5 Å². The normalized spacial score (nSPS) is 15.7. The lowest BCUT2D eigenvalue weighted by molar-refractivity contribution is -0.131. The van der Waals surface area contributed by atoms with E-state index in [2.05, 4.69) is 0 Å². The number of piperazine rings is 1. The van der Waals surface area contributed by atoms with Gasteiger partial charge in [0.2, 0.25) is 15.9 Å². The van der Waals surface area contributed by atoms with E-state index in [1.807, 2.05) is 62.4 Å². The molecule has 1 saturated heterocycles. The molecule has 2 aromatic carbocycles. The van der Waals surface area contributed by atoms with Crippen LogP contribution in [0, 0.1) is 13.8 Å². The Morgan fingerprint density at radius 3 is 2.19 bits per heavy atom. The molecule has 0 atom stereocenters. The Bertz CT molecular complexity index is 899. The standard InChI is InChI=1S/C21H26N2O3S/c1-17-7-9-19(10-8-17)15-21(24)22-11-13-23(14-12-22)27(25,26)16-20-6-4-3-5-18(20)2/h3-10H,11-16H2,1-2H3. The quantitative estimate of drug-likeness (QED) is 0.793. The van der Waals surface area contributed by atoms with Crippen molar-refractivity contribution in [3.05, 3.63) is 70.8 Å². The summed E-state index contributed by atoms with van der Waals surface area (Å²) >= 11 is 0. The third-order valence-corrected chi connectivity index (χ3v) is 6.89. The number of amides is 1. The van der Waals surface area contributed by atoms with Crippen molar-refractivity contribution in [3.63, 3.8) is 0 Å². The fourth-order valence-corrected chi connectivity index (χ4v) is 4.89. The van der Waals surface area contributed by atoms with Crippen LogP contribution < -0.4 is 0 Å². The van der Waals surface area contributed by atoms with Crippen molar-refractivity contribution in [2.75, 3.05) is 26.2 Å². The third kappa shape index (κ3) is 4.96. The number of aryl methyl sites for hydroxylation is 2. The summed E-state index contributed by atoms with van der Waals surface area (Å²) < 4.78 is 27.0. The SMILES string of the molecule is Cc1ccc(CC(=O)N2CCN(S(=O)(=O)Cc3ccccc3C)CC2)cc1. The summed E-state index contributed by atoms with van der Waals surface area (Å²) in [6.45, 7) is 5.53. The number of hydrogen-bond acceptors (Lipinski definition) is 3. The molecule has 0 N–H and O–H groups in total. The number of sulfonamides is 1. The van der Waals surface area contributed by atoms with Gasteiger partial charge in [0.05, 0.1) is 12.2 Å². The molecule has 5 nitrogen and oxygen atoms in total. The molecule has 0 radical (unpaired) electrons. The zero-order valence-electron chi connectivity index (χ0n) is 15.9. The van der Waals surface area contributed by atoms with E-state index in [0.29, 0.717) is 32.6 Å². The lowest BCUT2D eigenvalue weighted by Gasteiger charge is -2.34. The molecule has 6 heteroatoms. The van der Waals surface area contributed by atoms with Gasteiger partial charge in [-0.15, -0.1) is 0 Å². The van der Waals surface area contributed by atoms with Crippen molar-refractivity contribution in [1.29, 1.82) is 0 Å². The van der Waals surface area contributed by atoms with Gasteiger partial charge >= 0.3 is 0 Å². The highest BCUT2D eigenvalue weighted by Crippen LogP contribution is 2.17. The van der Waals surface area contributed by atoms with Crippen LogP contribution in [0.2, 0.25) is 0 Å². The smallest absolute Gasteiger partial charge is 0.227 e. The summed E-state index contributed by atoms with van der Waals surface area (Å²) in [5, 5.41) is 0. The summed E-state index contributed by atoms with van der Waals surface area (Å²) in [5.41, 5.74) is 3.96. The molecule has 27 heavy (non-hydrogen) atoms. The highest BCUT2D eigenvalue weighted by atomic mass is 32.2. The lowest BCUT2D eigenvalue weighted by Crippen LogP contribution is -2.51. The molecule has 3 rings (SSSR count). The Morgan fingerprint density at radius 2 is 1.56 bits per heavy atom. The molecular weight excluding hydrogens is 360 g/mol. The predicted octanol–water partition coefficient (Wildman–Crippen LogP) is 2.52. The molecule has 0 spiro atoms. The third-order valence-electron chi connectivity index (χ3n) is 5.06. The van der Waals surface area contributed by atoms with Crippen molar-refractivity contribution in [2.45, 2.75) is 26.0 Å². The van der Waals surface area contributed by atoms with Crippen LogP contribution in [0.25, 0.3) is 0 Å². The number of nitrogens with zero attached hydrogens (tertiary/aromatic N) is 2. The maximum atomic E-state index is 12.7. The molecule has 0 aliphatic carbocycles. The van der Waals surface area contributed by atoms with Crippen LogP contribution in [-0.2, 0) is 27.0 Å². The Hall–Kier alpha value is -2.18. The Morgan fingerprint density at radius 1 is 0.926 bits per heavy atom. The van der Waals surface area contributed by atoms with Crippen molar-refractivity contribution in [3.8, 4) is 0 Å². The minimum Gasteiger partial charge on any atom is -0.340 e. The van der Waals surface area contributed by atoms with Crippen LogP contribution in [0.1, 0.15) is 22.3 Å². The Balaban J connectivity index is 1.57. The fraction of sp³-hybridized carbons (Fsp3) is 0.381. The molecule has 0 unspecified atom stereocenters. The first-order valence-electron chi connectivity index (χ1n) is 9.21. The molecule has 0 bridgehead atoms. The zero-order valence-corrected chi connectivity index (χ0v) is 16.7. The van der Waals surface area contributed by atoms with Crippen LogP contribution in [-0.4, -0.2) is 49.7 Å². The van der Waals surface area contributed by atoms with E-state index >= 15 is 0 Å². The molecule has 1 aliphatic heterocycles. The van der Waals surface area contributed by atoms with Gasteiger partial charge in [0.25, 0.3) is 0 Å². The van der Waals surface area contributed by atoms with Gasteiger partial charge in [-0.1, -0.05) is 54.1 Å². The molecule has 1 heterocycles. The van der Waals surface area contributed by atoms with Crippen LogP contribution in [0.5, 0.6) is 0 Å². The second-order valence-electron chi connectivity index (χ2n) is 7.12. The predicted molar refractivity (Wildman–Crippen MR) is 107 cm³/mol. The van der Waals surface area contributed by atoms with Crippen molar-refractivity contribution < 1.29 is 13.2 Å². The van der Waals surface area contributed by atoms with Crippen LogP contribution in [0.4, 0.5) is 0 Å². The average Bonchev–Trinajstić information content (AvgIpc) is 2.65. The van der Waals surface area contributed by atoms with E-state index in [9.17, 15) is 13.2 Å². The largest absolute Gasteiger partial charge is 0.340 e. The average molecular weight is 387 g/mol. The molecule has 1 aliphatic rings. The highest BCUT2D eigenvalue weighted by Gasteiger charge is 2.29. The molecular formula is C21H26N2O3S. The first-order valence-corrected chi connectivity index (χ1v) is 10.8. The number of benzene rings is 2. The molecule has 1 fully saturated rings. The first kappa shape index (κ1) is 19.6. The fourth-order valence-electron chi connectivity index (χ4n) is 3.27. The minimum atomic E-state index is -3.38. The summed E-state index contributed by atoms with van der Waals surface area (Å²) in [4.78, 5) is 14.3. The Kier molecular flexibility index (Phi) is 5.97. The van der Waals surface area contributed by atoms with Crippen LogP contribution in [0.15, 0.2) is 48.5 Å². The minimum absolute atomic E-state index is 0.0109. The van der Waals surface area contributed by atoms with Crippen molar-refractivity contribution in [1.82, 2.24) is 9.21 Å². The van der Waals surface area contributed by atoms with Gasteiger partial charge in [0, 0.05) is 26.2 Å². The van der Waals surface area contributed by atoms with E-state index in [1.54, 1.807) is 4.90 Å². The summed E-state index contributed by atoms with van der Waals surface area (Å²) in [6.07, 6.45) is 0.357. The summed E-state index contributed by atoms with van der Waals surface area (Å²) in [7, 11) is -3.38. The summed E-state index contributed by atoms with van der Waals surface area (Å²) in [6, 6.07) is 15.5. The van der Waals surface area contributed by atoms with Crippen molar-refractivity contribution >= 4 is 15.9 Å². The first-order chi connectivity index (χ1) is 12.8. The number of hydrogen-bond donors (Lipinski definition) is 0.